The Morgan fingerprint density at radius 1 is 0.955 bits per heavy atom. The topological polar surface area (TPSA) is 29.1 Å². The van der Waals surface area contributed by atoms with Gasteiger partial charge in [-0.1, -0.05) is 6.07 Å². The van der Waals surface area contributed by atoms with Gasteiger partial charge in [0.2, 0.25) is 5.82 Å². The highest BCUT2D eigenvalue weighted by atomic mass is 79.9. The summed E-state index contributed by atoms with van der Waals surface area (Å²) in [4.78, 5) is 11.8. The van der Waals surface area contributed by atoms with Crippen molar-refractivity contribution in [3.05, 3.63) is 62.9 Å². The van der Waals surface area contributed by atoms with E-state index in [0.717, 1.165) is 5.56 Å². The molecule has 0 bridgehead atoms. The first-order valence-corrected chi connectivity index (χ1v) is 6.62. The number of hydrogen-bond donors (Lipinski definition) is 1. The quantitative estimate of drug-likeness (QED) is 0.457. The SMILES string of the molecule is Cc1ccc(NC(=O)c2c(F)c(F)c(F)c(F)c2F)c(Br)c1. The van der Waals surface area contributed by atoms with Crippen molar-refractivity contribution in [1.29, 1.82) is 0 Å². The van der Waals surface area contributed by atoms with E-state index < -0.39 is 40.6 Å². The van der Waals surface area contributed by atoms with Crippen molar-refractivity contribution in [2.24, 2.45) is 0 Å². The molecule has 8 heteroatoms. The van der Waals surface area contributed by atoms with Crippen molar-refractivity contribution in [3.8, 4) is 0 Å². The number of carbonyl (C=O) groups excluding carboxylic acids is 1. The monoisotopic (exact) mass is 379 g/mol. The highest BCUT2D eigenvalue weighted by Gasteiger charge is 2.29. The molecule has 0 fully saturated rings. The third-order valence-electron chi connectivity index (χ3n) is 2.81. The first kappa shape index (κ1) is 16.4. The van der Waals surface area contributed by atoms with E-state index in [1.807, 2.05) is 0 Å². The van der Waals surface area contributed by atoms with Crippen molar-refractivity contribution >= 4 is 27.5 Å². The molecule has 1 amide bonds. The standard InChI is InChI=1S/C14H7BrF5NO/c1-5-2-3-7(6(15)4-5)21-14(22)8-9(16)11(18)13(20)12(19)10(8)17/h2-4H,1H3,(H,21,22). The average Bonchev–Trinajstić information content (AvgIpc) is 2.46. The molecule has 1 N–H and O–H groups in total. The number of hydrogen-bond acceptors (Lipinski definition) is 1. The second kappa shape index (κ2) is 6.04. The summed E-state index contributed by atoms with van der Waals surface area (Å²) in [7, 11) is 0. The summed E-state index contributed by atoms with van der Waals surface area (Å²) < 4.78 is 66.5. The molecule has 2 aromatic carbocycles. The number of halogens is 6. The second-order valence-corrected chi connectivity index (χ2v) is 5.24. The third kappa shape index (κ3) is 2.83. The Hall–Kier alpha value is -1.96. The zero-order valence-corrected chi connectivity index (χ0v) is 12.5. The highest BCUT2D eigenvalue weighted by Crippen LogP contribution is 2.27. The molecule has 0 aliphatic heterocycles. The van der Waals surface area contributed by atoms with Crippen molar-refractivity contribution in [2.75, 3.05) is 5.32 Å². The van der Waals surface area contributed by atoms with Crippen LogP contribution in [0.2, 0.25) is 0 Å². The summed E-state index contributed by atoms with van der Waals surface area (Å²) in [6, 6.07) is 4.62. The molecule has 2 rings (SSSR count). The number of amides is 1. The van der Waals surface area contributed by atoms with Crippen LogP contribution in [0, 0.1) is 36.0 Å². The predicted octanol–water partition coefficient (Wildman–Crippen LogP) is 4.71. The Labute approximate surface area is 130 Å². The lowest BCUT2D eigenvalue weighted by molar-refractivity contribution is 0.101. The molecule has 2 aromatic rings. The molecule has 0 unspecified atom stereocenters. The van der Waals surface area contributed by atoms with Gasteiger partial charge in [0.1, 0.15) is 5.56 Å². The van der Waals surface area contributed by atoms with Crippen LogP contribution in [0.3, 0.4) is 0 Å². The van der Waals surface area contributed by atoms with Gasteiger partial charge in [-0.2, -0.15) is 0 Å². The van der Waals surface area contributed by atoms with Crippen LogP contribution in [0.1, 0.15) is 15.9 Å². The number of rotatable bonds is 2. The Morgan fingerprint density at radius 3 is 1.95 bits per heavy atom. The Morgan fingerprint density at radius 2 is 1.45 bits per heavy atom. The van der Waals surface area contributed by atoms with Gasteiger partial charge in [-0.3, -0.25) is 4.79 Å². The van der Waals surface area contributed by atoms with Gasteiger partial charge in [0.25, 0.3) is 5.91 Å². The largest absolute Gasteiger partial charge is 0.321 e. The van der Waals surface area contributed by atoms with Gasteiger partial charge in [0.15, 0.2) is 23.3 Å². The van der Waals surface area contributed by atoms with E-state index in [4.69, 9.17) is 0 Å². The van der Waals surface area contributed by atoms with Crippen molar-refractivity contribution in [1.82, 2.24) is 0 Å². The molecular formula is C14H7BrF5NO. The summed E-state index contributed by atoms with van der Waals surface area (Å²) in [6.07, 6.45) is 0. The number of aryl methyl sites for hydroxylation is 1. The lowest BCUT2D eigenvalue weighted by atomic mass is 10.1. The lowest BCUT2D eigenvalue weighted by Gasteiger charge is -2.10. The van der Waals surface area contributed by atoms with E-state index in [2.05, 4.69) is 21.2 Å². The minimum Gasteiger partial charge on any atom is -0.321 e. The zero-order chi connectivity index (χ0) is 16.6. The summed E-state index contributed by atoms with van der Waals surface area (Å²) >= 11 is 3.12. The number of nitrogens with one attached hydrogen (secondary N) is 1. The summed E-state index contributed by atoms with van der Waals surface area (Å²) in [5.74, 6) is -12.5. The lowest BCUT2D eigenvalue weighted by Crippen LogP contribution is -2.19. The molecule has 0 aromatic heterocycles. The smallest absolute Gasteiger partial charge is 0.261 e. The maximum absolute atomic E-state index is 13.5. The van der Waals surface area contributed by atoms with Crippen LogP contribution in [0.25, 0.3) is 0 Å². The maximum atomic E-state index is 13.5. The van der Waals surface area contributed by atoms with Gasteiger partial charge >= 0.3 is 0 Å². The van der Waals surface area contributed by atoms with Gasteiger partial charge in [0.05, 0.1) is 5.69 Å². The zero-order valence-electron chi connectivity index (χ0n) is 10.9. The molecule has 0 atom stereocenters. The molecule has 0 saturated carbocycles. The van der Waals surface area contributed by atoms with Gasteiger partial charge in [-0.05, 0) is 40.5 Å². The molecule has 0 aliphatic rings. The number of carbonyl (C=O) groups is 1. The van der Waals surface area contributed by atoms with Crippen molar-refractivity contribution < 1.29 is 26.7 Å². The van der Waals surface area contributed by atoms with E-state index in [0.29, 0.717) is 4.47 Å². The Kier molecular flexibility index (Phi) is 4.50. The van der Waals surface area contributed by atoms with Gasteiger partial charge in [0, 0.05) is 4.47 Å². The van der Waals surface area contributed by atoms with E-state index in [1.54, 1.807) is 19.1 Å². The maximum Gasteiger partial charge on any atom is 0.261 e. The van der Waals surface area contributed by atoms with E-state index in [1.165, 1.54) is 6.07 Å². The molecule has 0 aliphatic carbocycles. The second-order valence-electron chi connectivity index (χ2n) is 4.38. The van der Waals surface area contributed by atoms with E-state index in [9.17, 15) is 26.7 Å². The Balaban J connectivity index is 2.46. The first-order chi connectivity index (χ1) is 10.2. The molecule has 2 nitrogen and oxygen atoms in total. The average molecular weight is 380 g/mol. The number of benzene rings is 2. The molecule has 0 saturated heterocycles. The Bertz CT molecular complexity index is 749. The summed E-state index contributed by atoms with van der Waals surface area (Å²) in [6.45, 7) is 1.76. The fourth-order valence-electron chi connectivity index (χ4n) is 1.71. The molecular weight excluding hydrogens is 373 g/mol. The van der Waals surface area contributed by atoms with Crippen LogP contribution in [-0.4, -0.2) is 5.91 Å². The van der Waals surface area contributed by atoms with Gasteiger partial charge < -0.3 is 5.32 Å². The van der Waals surface area contributed by atoms with Crippen LogP contribution < -0.4 is 5.32 Å². The van der Waals surface area contributed by atoms with Crippen LogP contribution in [0.5, 0.6) is 0 Å². The molecule has 22 heavy (non-hydrogen) atoms. The normalized spacial score (nSPS) is 10.7. The third-order valence-corrected chi connectivity index (χ3v) is 3.47. The van der Waals surface area contributed by atoms with Crippen LogP contribution >= 0.6 is 15.9 Å². The van der Waals surface area contributed by atoms with E-state index in [-0.39, 0.29) is 5.69 Å². The van der Waals surface area contributed by atoms with Gasteiger partial charge in [-0.15, -0.1) is 0 Å². The summed E-state index contributed by atoms with van der Waals surface area (Å²) in [5, 5.41) is 2.09. The fourth-order valence-corrected chi connectivity index (χ4v) is 2.30. The predicted molar refractivity (Wildman–Crippen MR) is 73.1 cm³/mol. The highest BCUT2D eigenvalue weighted by molar-refractivity contribution is 9.10. The summed E-state index contributed by atoms with van der Waals surface area (Å²) in [5.41, 5.74) is -0.579. The molecule has 116 valence electrons. The molecule has 0 radical (unpaired) electrons. The fraction of sp³-hybridized carbons (Fsp3) is 0.0714. The minimum absolute atomic E-state index is 0.125. The van der Waals surface area contributed by atoms with Crippen molar-refractivity contribution in [3.63, 3.8) is 0 Å². The van der Waals surface area contributed by atoms with Crippen LogP contribution in [-0.2, 0) is 0 Å². The van der Waals surface area contributed by atoms with Gasteiger partial charge in [-0.25, -0.2) is 22.0 Å². The van der Waals surface area contributed by atoms with Crippen LogP contribution in [0.15, 0.2) is 22.7 Å². The minimum atomic E-state index is -2.32. The van der Waals surface area contributed by atoms with Crippen LogP contribution in [0.4, 0.5) is 27.6 Å². The number of anilines is 1. The molecule has 0 spiro atoms. The van der Waals surface area contributed by atoms with E-state index >= 15 is 0 Å². The first-order valence-electron chi connectivity index (χ1n) is 5.83. The van der Waals surface area contributed by atoms with Crippen molar-refractivity contribution in [2.45, 2.75) is 6.92 Å². The molecule has 0 heterocycles.